The van der Waals surface area contributed by atoms with Gasteiger partial charge in [0.2, 0.25) is 0 Å². The molecule has 1 aliphatic rings. The number of carbonyl (C=O) groups is 1. The van der Waals surface area contributed by atoms with Gasteiger partial charge in [-0.25, -0.2) is 0 Å². The van der Waals surface area contributed by atoms with Crippen molar-refractivity contribution >= 4 is 11.6 Å². The molecule has 0 spiro atoms. The van der Waals surface area contributed by atoms with E-state index in [1.165, 1.54) is 18.7 Å². The maximum atomic E-state index is 12.2. The van der Waals surface area contributed by atoms with Crippen molar-refractivity contribution in [3.63, 3.8) is 0 Å². The van der Waals surface area contributed by atoms with Gasteiger partial charge < -0.3 is 5.32 Å². The van der Waals surface area contributed by atoms with Crippen LogP contribution in [0.15, 0.2) is 12.3 Å². The van der Waals surface area contributed by atoms with Crippen LogP contribution in [0.1, 0.15) is 48.7 Å². The minimum atomic E-state index is -0.536. The Balaban J connectivity index is 2.12. The van der Waals surface area contributed by atoms with Gasteiger partial charge in [-0.2, -0.15) is 0 Å². The summed E-state index contributed by atoms with van der Waals surface area (Å²) in [6.07, 6.45) is 5.42. The largest absolute Gasteiger partial charge is 0.349 e. The summed E-state index contributed by atoms with van der Waals surface area (Å²) in [6.45, 7) is 3.86. The van der Waals surface area contributed by atoms with Crippen LogP contribution in [-0.2, 0) is 0 Å². The maximum absolute atomic E-state index is 12.2. The fourth-order valence-corrected chi connectivity index (χ4v) is 2.68. The fraction of sp³-hybridized carbons (Fsp3) is 0.571. The van der Waals surface area contributed by atoms with Crippen molar-refractivity contribution in [1.82, 2.24) is 10.3 Å². The highest BCUT2D eigenvalue weighted by molar-refractivity contribution is 5.95. The number of carbonyl (C=O) groups excluding carboxylic acids is 1. The van der Waals surface area contributed by atoms with Crippen molar-refractivity contribution < 1.29 is 9.72 Å². The molecule has 0 aliphatic heterocycles. The van der Waals surface area contributed by atoms with Gasteiger partial charge in [0.15, 0.2) is 0 Å². The van der Waals surface area contributed by atoms with Gasteiger partial charge in [0.25, 0.3) is 11.6 Å². The third-order valence-corrected chi connectivity index (χ3v) is 3.80. The SMILES string of the molecule is Cc1ncc([N+](=O)[O-])cc1C(=O)N[C@@H]1CCC[C@H](C)C1. The average molecular weight is 277 g/mol. The van der Waals surface area contributed by atoms with Crippen LogP contribution in [-0.4, -0.2) is 21.9 Å². The zero-order valence-corrected chi connectivity index (χ0v) is 11.8. The molecule has 1 aromatic heterocycles. The topological polar surface area (TPSA) is 85.1 Å². The van der Waals surface area contributed by atoms with Gasteiger partial charge in [0, 0.05) is 12.1 Å². The van der Waals surface area contributed by atoms with E-state index in [2.05, 4.69) is 17.2 Å². The van der Waals surface area contributed by atoms with E-state index in [0.717, 1.165) is 19.3 Å². The van der Waals surface area contributed by atoms with Crippen molar-refractivity contribution in [2.75, 3.05) is 0 Å². The minimum absolute atomic E-state index is 0.155. The Bertz CT molecular complexity index is 530. The molecule has 2 rings (SSSR count). The predicted molar refractivity (Wildman–Crippen MR) is 74.5 cm³/mol. The van der Waals surface area contributed by atoms with Gasteiger partial charge in [0.1, 0.15) is 6.20 Å². The summed E-state index contributed by atoms with van der Waals surface area (Å²) >= 11 is 0. The van der Waals surface area contributed by atoms with Crippen LogP contribution in [0.4, 0.5) is 5.69 Å². The number of nitrogens with zero attached hydrogens (tertiary/aromatic N) is 2. The Kier molecular flexibility index (Phi) is 4.32. The van der Waals surface area contributed by atoms with E-state index in [-0.39, 0.29) is 23.2 Å². The standard InChI is InChI=1S/C14H19N3O3/c1-9-4-3-5-11(6-9)16-14(18)13-7-12(17(19)20)8-15-10(13)2/h7-9,11H,3-6H2,1-2H3,(H,16,18)/t9-,11+/m0/s1. The average Bonchev–Trinajstić information content (AvgIpc) is 2.38. The molecule has 1 aromatic rings. The van der Waals surface area contributed by atoms with Gasteiger partial charge in [-0.15, -0.1) is 0 Å². The van der Waals surface area contributed by atoms with Gasteiger partial charge >= 0.3 is 0 Å². The number of nitro groups is 1. The number of hydrogen-bond acceptors (Lipinski definition) is 4. The van der Waals surface area contributed by atoms with E-state index in [4.69, 9.17) is 0 Å². The van der Waals surface area contributed by atoms with Gasteiger partial charge in [-0.1, -0.05) is 19.8 Å². The first-order valence-electron chi connectivity index (χ1n) is 6.89. The Labute approximate surface area is 117 Å². The molecule has 6 nitrogen and oxygen atoms in total. The molecule has 20 heavy (non-hydrogen) atoms. The second-order valence-corrected chi connectivity index (χ2v) is 5.53. The lowest BCUT2D eigenvalue weighted by Gasteiger charge is -2.27. The van der Waals surface area contributed by atoms with E-state index < -0.39 is 4.92 Å². The van der Waals surface area contributed by atoms with Crippen LogP contribution in [0.3, 0.4) is 0 Å². The number of amides is 1. The number of pyridine rings is 1. The lowest BCUT2D eigenvalue weighted by Crippen LogP contribution is -2.38. The van der Waals surface area contributed by atoms with Crippen LogP contribution in [0, 0.1) is 23.0 Å². The minimum Gasteiger partial charge on any atom is -0.349 e. The summed E-state index contributed by atoms with van der Waals surface area (Å²) < 4.78 is 0. The Hall–Kier alpha value is -1.98. The molecule has 0 radical (unpaired) electrons. The van der Waals surface area contributed by atoms with Gasteiger partial charge in [-0.05, 0) is 25.7 Å². The first-order valence-corrected chi connectivity index (χ1v) is 6.89. The number of aryl methyl sites for hydroxylation is 1. The zero-order chi connectivity index (χ0) is 14.7. The third-order valence-electron chi connectivity index (χ3n) is 3.80. The molecule has 1 N–H and O–H groups in total. The zero-order valence-electron chi connectivity index (χ0n) is 11.8. The van der Waals surface area contributed by atoms with E-state index >= 15 is 0 Å². The fourth-order valence-electron chi connectivity index (χ4n) is 2.68. The summed E-state index contributed by atoms with van der Waals surface area (Å²) in [4.78, 5) is 26.4. The molecular formula is C14H19N3O3. The molecule has 0 bridgehead atoms. The second kappa shape index (κ2) is 5.98. The summed E-state index contributed by atoms with van der Waals surface area (Å²) in [5.41, 5.74) is 0.646. The Morgan fingerprint density at radius 3 is 2.90 bits per heavy atom. The first kappa shape index (κ1) is 14.4. The van der Waals surface area contributed by atoms with Crippen LogP contribution in [0.2, 0.25) is 0 Å². The van der Waals surface area contributed by atoms with E-state index in [1.807, 2.05) is 0 Å². The number of hydrogen-bond donors (Lipinski definition) is 1. The predicted octanol–water partition coefficient (Wildman–Crippen LogP) is 2.61. The van der Waals surface area contributed by atoms with Crippen molar-refractivity contribution in [2.45, 2.75) is 45.6 Å². The van der Waals surface area contributed by atoms with Crippen molar-refractivity contribution in [3.05, 3.63) is 33.6 Å². The van der Waals surface area contributed by atoms with Crippen molar-refractivity contribution in [2.24, 2.45) is 5.92 Å². The highest BCUT2D eigenvalue weighted by Crippen LogP contribution is 2.24. The van der Waals surface area contributed by atoms with Crippen LogP contribution in [0.25, 0.3) is 0 Å². The summed E-state index contributed by atoms with van der Waals surface area (Å²) in [6, 6.07) is 1.45. The lowest BCUT2D eigenvalue weighted by molar-refractivity contribution is -0.385. The highest BCUT2D eigenvalue weighted by Gasteiger charge is 2.23. The number of rotatable bonds is 3. The normalized spacial score (nSPS) is 22.3. The number of nitrogens with one attached hydrogen (secondary N) is 1. The Morgan fingerprint density at radius 2 is 2.25 bits per heavy atom. The molecule has 6 heteroatoms. The lowest BCUT2D eigenvalue weighted by atomic mass is 9.87. The molecule has 2 atom stereocenters. The van der Waals surface area contributed by atoms with Crippen molar-refractivity contribution in [3.8, 4) is 0 Å². The molecule has 1 amide bonds. The summed E-state index contributed by atoms with van der Waals surface area (Å²) in [5, 5.41) is 13.7. The molecule has 1 heterocycles. The maximum Gasteiger partial charge on any atom is 0.288 e. The molecule has 1 saturated carbocycles. The molecular weight excluding hydrogens is 258 g/mol. The summed E-state index contributed by atoms with van der Waals surface area (Å²) in [5.74, 6) is 0.344. The molecule has 108 valence electrons. The molecule has 1 fully saturated rings. The van der Waals surface area contributed by atoms with E-state index in [0.29, 0.717) is 11.6 Å². The van der Waals surface area contributed by atoms with Crippen LogP contribution in [0.5, 0.6) is 0 Å². The van der Waals surface area contributed by atoms with Gasteiger partial charge in [-0.3, -0.25) is 19.9 Å². The molecule has 0 unspecified atom stereocenters. The van der Waals surface area contributed by atoms with E-state index in [1.54, 1.807) is 6.92 Å². The van der Waals surface area contributed by atoms with Crippen LogP contribution >= 0.6 is 0 Å². The highest BCUT2D eigenvalue weighted by atomic mass is 16.6. The monoisotopic (exact) mass is 277 g/mol. The van der Waals surface area contributed by atoms with Crippen LogP contribution < -0.4 is 5.32 Å². The molecule has 0 saturated heterocycles. The number of aromatic nitrogens is 1. The summed E-state index contributed by atoms with van der Waals surface area (Å²) in [7, 11) is 0. The second-order valence-electron chi connectivity index (χ2n) is 5.53. The molecule has 0 aromatic carbocycles. The smallest absolute Gasteiger partial charge is 0.288 e. The molecule has 1 aliphatic carbocycles. The third kappa shape index (κ3) is 3.31. The van der Waals surface area contributed by atoms with Crippen molar-refractivity contribution in [1.29, 1.82) is 0 Å². The quantitative estimate of drug-likeness (QED) is 0.679. The Morgan fingerprint density at radius 1 is 1.50 bits per heavy atom. The van der Waals surface area contributed by atoms with E-state index in [9.17, 15) is 14.9 Å². The first-order chi connectivity index (χ1) is 9.47. The van der Waals surface area contributed by atoms with Gasteiger partial charge in [0.05, 0.1) is 16.2 Å².